The Morgan fingerprint density at radius 2 is 1.55 bits per heavy atom. The summed E-state index contributed by atoms with van der Waals surface area (Å²) in [5, 5.41) is 0. The molecule has 0 spiro atoms. The van der Waals surface area contributed by atoms with Gasteiger partial charge in [-0.1, -0.05) is 121 Å². The molecule has 0 saturated carbocycles. The number of unbranched alkanes of at least 4 members (excludes halogenated alkanes) is 2. The number of aliphatic imine (C=N–C) groups is 1. The third-order valence-electron chi connectivity index (χ3n) is 4.42. The molecular formula is C30H57N. The van der Waals surface area contributed by atoms with Crippen LogP contribution in [-0.2, 0) is 0 Å². The molecule has 1 nitrogen and oxygen atoms in total. The third-order valence-corrected chi connectivity index (χ3v) is 4.42. The molecule has 0 aromatic carbocycles. The molecule has 1 unspecified atom stereocenters. The average molecular weight is 432 g/mol. The zero-order valence-electron chi connectivity index (χ0n) is 23.1. The van der Waals surface area contributed by atoms with Crippen molar-refractivity contribution in [3.63, 3.8) is 0 Å². The number of allylic oxidation sites excluding steroid dienone is 8. The second-order valence-corrected chi connectivity index (χ2v) is 7.54. The maximum absolute atomic E-state index is 4.40. The van der Waals surface area contributed by atoms with E-state index in [1.54, 1.807) is 6.08 Å². The van der Waals surface area contributed by atoms with E-state index < -0.39 is 0 Å². The van der Waals surface area contributed by atoms with Gasteiger partial charge < -0.3 is 0 Å². The van der Waals surface area contributed by atoms with E-state index in [0.717, 1.165) is 17.9 Å². The van der Waals surface area contributed by atoms with Gasteiger partial charge in [-0.05, 0) is 59.0 Å². The molecule has 0 amide bonds. The molecule has 0 heterocycles. The predicted octanol–water partition coefficient (Wildman–Crippen LogP) is 10.7. The van der Waals surface area contributed by atoms with Gasteiger partial charge in [0.2, 0.25) is 0 Å². The molecular weight excluding hydrogens is 374 g/mol. The summed E-state index contributed by atoms with van der Waals surface area (Å²) >= 11 is 0. The lowest BCUT2D eigenvalue weighted by Gasteiger charge is -2.15. The van der Waals surface area contributed by atoms with Crippen molar-refractivity contribution < 1.29 is 0 Å². The summed E-state index contributed by atoms with van der Waals surface area (Å²) < 4.78 is 0. The van der Waals surface area contributed by atoms with E-state index in [1.165, 1.54) is 56.2 Å². The highest BCUT2D eigenvalue weighted by Gasteiger charge is 2.07. The highest BCUT2D eigenvalue weighted by Crippen LogP contribution is 2.21. The molecule has 1 heteroatoms. The lowest BCUT2D eigenvalue weighted by Crippen LogP contribution is -2.02. The minimum absolute atomic E-state index is 0.866. The van der Waals surface area contributed by atoms with Gasteiger partial charge in [0, 0.05) is 12.8 Å². The van der Waals surface area contributed by atoms with Crippen LogP contribution in [0.2, 0.25) is 0 Å². The minimum Gasteiger partial charge on any atom is -0.293 e. The molecule has 0 radical (unpaired) electrons. The zero-order valence-corrected chi connectivity index (χ0v) is 23.1. The fourth-order valence-corrected chi connectivity index (χ4v) is 2.77. The van der Waals surface area contributed by atoms with Gasteiger partial charge in [-0.15, -0.1) is 0 Å². The second kappa shape index (κ2) is 33.0. The van der Waals surface area contributed by atoms with Crippen LogP contribution in [0.4, 0.5) is 0 Å². The Kier molecular flexibility index (Phi) is 39.1. The third kappa shape index (κ3) is 36.1. The fraction of sp³-hybridized carbons (Fsp3) is 0.633. The molecule has 0 aliphatic rings. The normalized spacial score (nSPS) is 12.2. The summed E-state index contributed by atoms with van der Waals surface area (Å²) in [6.45, 7) is 26.1. The lowest BCUT2D eigenvalue weighted by atomic mass is 9.92. The quantitative estimate of drug-likeness (QED) is 0.215. The molecule has 0 aromatic heterocycles. The topological polar surface area (TPSA) is 12.4 Å². The highest BCUT2D eigenvalue weighted by molar-refractivity contribution is 5.95. The van der Waals surface area contributed by atoms with Crippen LogP contribution < -0.4 is 0 Å². The van der Waals surface area contributed by atoms with E-state index in [9.17, 15) is 0 Å². The van der Waals surface area contributed by atoms with E-state index in [4.69, 9.17) is 0 Å². The molecule has 0 aliphatic carbocycles. The first-order chi connectivity index (χ1) is 14.9. The Balaban J connectivity index is -0.000000229. The fourth-order valence-electron chi connectivity index (χ4n) is 2.77. The van der Waals surface area contributed by atoms with Crippen LogP contribution in [0, 0.1) is 5.92 Å². The smallest absolute Gasteiger partial charge is 0.0344 e. The summed E-state index contributed by atoms with van der Waals surface area (Å²) in [6.07, 6.45) is 22.1. The molecule has 0 saturated heterocycles. The Bertz CT molecular complexity index is 489. The van der Waals surface area contributed by atoms with E-state index in [2.05, 4.69) is 51.9 Å². The highest BCUT2D eigenvalue weighted by atomic mass is 14.7. The van der Waals surface area contributed by atoms with Crippen molar-refractivity contribution in [1.29, 1.82) is 0 Å². The maximum atomic E-state index is 4.40. The predicted molar refractivity (Wildman–Crippen MR) is 151 cm³/mol. The standard InChI is InChI=1S/C17H33N.C6H10.C5H8.C2H6/c1-6-9-11-16(8-3)13-15(4)14-17(18-5)12-10-7-2;1-4-5-6(2)3;1-3-5-4-2;1-2/h14,16H,6-13H2,1-5H3;4-5H,2H2,1,3H3;3-5H,1H2,2H3;1-2H3/b15-14-,18-17?;2*5-4-;. The molecule has 182 valence electrons. The van der Waals surface area contributed by atoms with E-state index in [0.29, 0.717) is 0 Å². The molecule has 0 aliphatic heterocycles. The minimum atomic E-state index is 0.866. The van der Waals surface area contributed by atoms with Gasteiger partial charge in [0.1, 0.15) is 0 Å². The van der Waals surface area contributed by atoms with Crippen molar-refractivity contribution in [2.24, 2.45) is 10.9 Å². The molecule has 1 atom stereocenters. The monoisotopic (exact) mass is 431 g/mol. The first-order valence-corrected chi connectivity index (χ1v) is 12.5. The van der Waals surface area contributed by atoms with Crippen molar-refractivity contribution in [3.8, 4) is 0 Å². The van der Waals surface area contributed by atoms with Crippen LogP contribution >= 0.6 is 0 Å². The first-order valence-electron chi connectivity index (χ1n) is 12.5. The molecule has 0 fully saturated rings. The number of hydrogen-bond acceptors (Lipinski definition) is 1. The second-order valence-electron chi connectivity index (χ2n) is 7.54. The van der Waals surface area contributed by atoms with Crippen LogP contribution in [0.3, 0.4) is 0 Å². The summed E-state index contributed by atoms with van der Waals surface area (Å²) in [5.74, 6) is 0.866. The van der Waals surface area contributed by atoms with Gasteiger partial charge in [0.05, 0.1) is 0 Å². The Morgan fingerprint density at radius 3 is 1.84 bits per heavy atom. The summed E-state index contributed by atoms with van der Waals surface area (Å²) in [7, 11) is 1.92. The van der Waals surface area contributed by atoms with Gasteiger partial charge in [0.25, 0.3) is 0 Å². The van der Waals surface area contributed by atoms with Crippen LogP contribution in [0.25, 0.3) is 0 Å². The van der Waals surface area contributed by atoms with E-state index in [1.807, 2.05) is 66.0 Å². The SMILES string of the molecule is C=C(C)/C=C\C.C=C/C=C\C.CC.CCCCC(/C=C(/C)CC(CC)CCCC)=NC. The van der Waals surface area contributed by atoms with Crippen molar-refractivity contribution >= 4 is 5.71 Å². The largest absolute Gasteiger partial charge is 0.293 e. The van der Waals surface area contributed by atoms with E-state index in [-0.39, 0.29) is 0 Å². The maximum Gasteiger partial charge on any atom is 0.0344 e. The van der Waals surface area contributed by atoms with Gasteiger partial charge >= 0.3 is 0 Å². The van der Waals surface area contributed by atoms with Crippen LogP contribution in [0.5, 0.6) is 0 Å². The summed E-state index contributed by atoms with van der Waals surface area (Å²) in [6, 6.07) is 0. The van der Waals surface area contributed by atoms with E-state index >= 15 is 0 Å². The van der Waals surface area contributed by atoms with Crippen LogP contribution in [-0.4, -0.2) is 12.8 Å². The number of rotatable bonds is 12. The molecule has 0 aromatic rings. The van der Waals surface area contributed by atoms with Gasteiger partial charge in [-0.2, -0.15) is 0 Å². The van der Waals surface area contributed by atoms with Crippen LogP contribution in [0.15, 0.2) is 65.8 Å². The Labute approximate surface area is 198 Å². The number of hydrogen-bond donors (Lipinski definition) is 0. The van der Waals surface area contributed by atoms with Gasteiger partial charge in [-0.3, -0.25) is 4.99 Å². The Morgan fingerprint density at radius 1 is 0.968 bits per heavy atom. The van der Waals surface area contributed by atoms with Gasteiger partial charge in [0.15, 0.2) is 0 Å². The van der Waals surface area contributed by atoms with Gasteiger partial charge in [-0.25, -0.2) is 0 Å². The number of nitrogens with zero attached hydrogens (tertiary/aromatic N) is 1. The zero-order chi connectivity index (χ0) is 24.9. The summed E-state index contributed by atoms with van der Waals surface area (Å²) in [4.78, 5) is 4.40. The van der Waals surface area contributed by atoms with Crippen molar-refractivity contribution in [3.05, 3.63) is 60.8 Å². The van der Waals surface area contributed by atoms with Crippen LogP contribution in [0.1, 0.15) is 114 Å². The van der Waals surface area contributed by atoms with Crippen molar-refractivity contribution in [1.82, 2.24) is 0 Å². The molecule has 0 N–H and O–H groups in total. The summed E-state index contributed by atoms with van der Waals surface area (Å²) in [5.41, 5.74) is 3.90. The first kappa shape index (κ1) is 36.7. The lowest BCUT2D eigenvalue weighted by molar-refractivity contribution is 0.448. The Hall–Kier alpha value is -1.63. The van der Waals surface area contributed by atoms with Crippen molar-refractivity contribution in [2.75, 3.05) is 7.05 Å². The molecule has 0 bridgehead atoms. The molecule has 31 heavy (non-hydrogen) atoms. The molecule has 0 rings (SSSR count). The van der Waals surface area contributed by atoms with Crippen molar-refractivity contribution in [2.45, 2.75) is 114 Å². The average Bonchev–Trinajstić information content (AvgIpc) is 2.76.